The fourth-order valence-corrected chi connectivity index (χ4v) is 76.1. The van der Waals surface area contributed by atoms with Gasteiger partial charge in [0, 0.05) is 78.2 Å². The summed E-state index contributed by atoms with van der Waals surface area (Å²) in [5.74, 6) is -0.329. The zero-order chi connectivity index (χ0) is 97.9. The van der Waals surface area contributed by atoms with Gasteiger partial charge in [0.1, 0.15) is 55.6 Å². The van der Waals surface area contributed by atoms with Gasteiger partial charge in [-0.05, 0) is 287 Å². The van der Waals surface area contributed by atoms with Crippen LogP contribution in [0.1, 0.15) is 84.0 Å². The van der Waals surface area contributed by atoms with Gasteiger partial charge in [-0.3, -0.25) is 0 Å². The summed E-state index contributed by atoms with van der Waals surface area (Å²) in [6.45, 7) is 71.8. The maximum Gasteiger partial charge on any atom is 0.333 e. The van der Waals surface area contributed by atoms with Gasteiger partial charge < -0.3 is 143 Å². The highest BCUT2D eigenvalue weighted by Crippen LogP contribution is 2.36. The largest absolute Gasteiger partial charge is 0.462 e. The van der Waals surface area contributed by atoms with Crippen LogP contribution in [0.4, 0.5) is 0 Å². The topological polar surface area (TPSA) is 363 Å². The summed E-state index contributed by atoms with van der Waals surface area (Å²) < 4.78 is 164. The van der Waals surface area contributed by atoms with Crippen LogP contribution in [0.3, 0.4) is 0 Å². The lowest BCUT2D eigenvalue weighted by molar-refractivity contribution is -0.138. The summed E-state index contributed by atoms with van der Waals surface area (Å²) in [6.07, 6.45) is 14.1. The predicted octanol–water partition coefficient (Wildman–Crippen LogP) is 15.1. The van der Waals surface area contributed by atoms with E-state index in [0.717, 1.165) is 269 Å². The summed E-state index contributed by atoms with van der Waals surface area (Å²) in [5.41, 5.74) is 0.429. The van der Waals surface area contributed by atoms with E-state index in [1.165, 1.54) is 0 Å². The van der Waals surface area contributed by atoms with Gasteiger partial charge >= 0.3 is 40.2 Å². The molecule has 8 rings (SSSR count). The van der Waals surface area contributed by atoms with Gasteiger partial charge in [0.2, 0.25) is 0 Å². The van der Waals surface area contributed by atoms with Crippen LogP contribution in [-0.4, -0.2) is 389 Å². The Kier molecular flexibility index (Phi) is 60.9. The molecule has 44 heteroatoms. The molecule has 8 fully saturated rings. The predicted molar refractivity (Wildman–Crippen MR) is 547 cm³/mol. The first-order valence-electron chi connectivity index (χ1n) is 50.3. The molecule has 8 aliphatic rings. The third-order valence-corrected chi connectivity index (χ3v) is 72.9. The van der Waals surface area contributed by atoms with E-state index in [9.17, 15) is 4.79 Å². The third-order valence-electron chi connectivity index (χ3n) is 22.9. The quantitative estimate of drug-likeness (QED) is 0.0127. The molecule has 0 aromatic heterocycles. The van der Waals surface area contributed by atoms with Crippen molar-refractivity contribution in [3.63, 3.8) is 0 Å². The number of ether oxygens (including phenoxy) is 20. The van der Waals surface area contributed by atoms with E-state index in [2.05, 4.69) is 138 Å². The van der Waals surface area contributed by atoms with Crippen molar-refractivity contribution < 1.29 is 148 Å². The fourth-order valence-electron chi connectivity index (χ4n) is 16.6. The molecular weight excluding hydrogens is 1920 g/mol. The minimum Gasteiger partial charge on any atom is -0.462 e. The molecule has 0 bridgehead atoms. The van der Waals surface area contributed by atoms with Crippen molar-refractivity contribution in [2.75, 3.05) is 218 Å². The number of esters is 1. The molecular formula is C89H190O32Si12. The van der Waals surface area contributed by atoms with Gasteiger partial charge in [-0.25, -0.2) is 4.79 Å². The normalized spacial score (nSPS) is 22.2. The van der Waals surface area contributed by atoms with E-state index >= 15 is 0 Å². The van der Waals surface area contributed by atoms with Gasteiger partial charge in [-0.15, -0.1) is 0 Å². The highest BCUT2D eigenvalue weighted by molar-refractivity contribution is 6.91. The molecule has 786 valence electrons. The maximum absolute atomic E-state index is 11.7. The number of epoxide rings is 8. The Bertz CT molecular complexity index is 2990. The lowest BCUT2D eigenvalue weighted by Crippen LogP contribution is -2.53. The van der Waals surface area contributed by atoms with Crippen molar-refractivity contribution in [3.8, 4) is 0 Å². The second kappa shape index (κ2) is 65.3. The molecule has 8 aliphatic heterocycles. The minimum absolute atomic E-state index is 0.0613. The third kappa shape index (κ3) is 70.1. The Morgan fingerprint density at radius 2 is 0.414 bits per heavy atom. The summed E-state index contributed by atoms with van der Waals surface area (Å²) in [6, 6.07) is 12.4. The molecule has 0 spiro atoms. The van der Waals surface area contributed by atoms with Crippen molar-refractivity contribution in [2.24, 2.45) is 0 Å². The number of carbonyl (C=O) groups is 1. The molecule has 32 nitrogen and oxygen atoms in total. The Morgan fingerprint density at radius 3 is 0.579 bits per heavy atom. The highest BCUT2D eigenvalue weighted by Gasteiger charge is 2.47. The van der Waals surface area contributed by atoms with Gasteiger partial charge in [0.05, 0.1) is 139 Å². The Morgan fingerprint density at radius 1 is 0.248 bits per heavy atom. The molecule has 0 saturated carbocycles. The average molecular weight is 2110 g/mol. The molecule has 0 aromatic carbocycles. The van der Waals surface area contributed by atoms with Crippen molar-refractivity contribution in [1.29, 1.82) is 0 Å². The van der Waals surface area contributed by atoms with Crippen molar-refractivity contribution in [1.82, 2.24) is 0 Å². The van der Waals surface area contributed by atoms with Crippen LogP contribution in [0.5, 0.6) is 0 Å². The molecule has 8 saturated heterocycles. The van der Waals surface area contributed by atoms with Crippen LogP contribution in [0, 0.1) is 0 Å². The summed E-state index contributed by atoms with van der Waals surface area (Å²) in [7, 11) is -24.7. The minimum atomic E-state index is -2.35. The molecule has 0 aromatic rings. The highest BCUT2D eigenvalue weighted by atomic mass is 28.5. The van der Waals surface area contributed by atoms with E-state index in [1.54, 1.807) is 6.92 Å². The molecule has 8 heterocycles. The number of hydrogen-bond acceptors (Lipinski definition) is 32. The molecule has 0 amide bonds. The summed E-state index contributed by atoms with van der Waals surface area (Å²) in [4.78, 5) is 11.7. The van der Waals surface area contributed by atoms with E-state index in [0.29, 0.717) is 128 Å². The van der Waals surface area contributed by atoms with E-state index in [-0.39, 0.29) is 32.1 Å². The van der Waals surface area contributed by atoms with Crippen LogP contribution < -0.4 is 0 Å². The lowest BCUT2D eigenvalue weighted by Gasteiger charge is -2.40. The van der Waals surface area contributed by atoms with Crippen LogP contribution in [-0.2, 0) is 132 Å². The Labute approximate surface area is 815 Å². The monoisotopic (exact) mass is 2110 g/mol. The Balaban J connectivity index is 0.000000314. The number of rotatable bonds is 86. The second-order valence-electron chi connectivity index (χ2n) is 42.4. The molecule has 3 N–H and O–H groups in total. The number of aliphatic hydroxyl groups is 3. The average Bonchev–Trinajstić information content (AvgIpc) is 1.71. The van der Waals surface area contributed by atoms with Gasteiger partial charge in [-0.1, -0.05) is 6.58 Å². The second-order valence-corrected chi connectivity index (χ2v) is 91.8. The van der Waals surface area contributed by atoms with Gasteiger partial charge in [-0.2, -0.15) is 0 Å². The summed E-state index contributed by atoms with van der Waals surface area (Å²) in [5, 5.41) is 26.6. The lowest BCUT2D eigenvalue weighted by atomic mass is 10.4. The van der Waals surface area contributed by atoms with Crippen LogP contribution in [0.2, 0.25) is 203 Å². The zero-order valence-corrected chi connectivity index (χ0v) is 98.8. The Hall–Kier alpha value is 0.613. The first-order chi connectivity index (χ1) is 62.8. The maximum atomic E-state index is 11.7. The fraction of sp³-hybridized carbons (Fsp3) is 0.966. The molecule has 11 unspecified atom stereocenters. The van der Waals surface area contributed by atoms with Crippen LogP contribution >= 0.6 is 0 Å². The number of aliphatic hydroxyl groups excluding tert-OH is 3. The first kappa shape index (κ1) is 124. The van der Waals surface area contributed by atoms with E-state index < -0.39 is 101 Å². The zero-order valence-electron chi connectivity index (χ0n) is 86.8. The molecule has 11 atom stereocenters. The molecule has 133 heavy (non-hydrogen) atoms. The molecule has 0 radical (unpaired) electrons. The number of carbonyl (C=O) groups excluding carboxylic acids is 1. The standard InChI is InChI=1S/C24H48O8Si3.C23H48O8Si3.C21H46O8Si3.C21H48O8Si3/c1-21(2)24(25)28-13-10-16-35(7,15-9-12-27-18-23-20-30-23)32-34(5,6)31-33(3,4)14-8-11-26-17-22-19-29-22;1-32(2,12-6-9-24-15-21-18-27-21)30-33(3,4)31-34(5,13-7-10-25-16-22-19-28-22)14-8-11-26-17-23-20-29-23;1-30(2,12-6-9-23-15-20-17-26-20)28-31(3,4)29-32(5,14-8-11-25-19-22)13-7-10-24-16-21-18-27-21;1-30(2,16-6-11-24-14-9-22)28-31(3,4)29-32(5,17-7-12-25-15-10-23)18-8-13-26-19-21-20-27-21/h22-23H,1,8-20H2,2-7H3;21-23H,6-20H2,1-5H3;20-22H,6-19H2,1-5H3;21-23H,6-20H2,1-5H3. The van der Waals surface area contributed by atoms with E-state index in [1.807, 2.05) is 0 Å². The van der Waals surface area contributed by atoms with Crippen molar-refractivity contribution >= 4 is 107 Å². The van der Waals surface area contributed by atoms with Crippen LogP contribution in [0.25, 0.3) is 0 Å². The first-order valence-corrected chi connectivity index (χ1v) is 85.4. The van der Waals surface area contributed by atoms with Crippen molar-refractivity contribution in [3.05, 3.63) is 12.2 Å². The van der Waals surface area contributed by atoms with E-state index in [4.69, 9.17) is 143 Å². The summed E-state index contributed by atoms with van der Waals surface area (Å²) >= 11 is 0. The smallest absolute Gasteiger partial charge is 0.333 e. The van der Waals surface area contributed by atoms with Gasteiger partial charge in [0.15, 0.2) is 66.5 Å². The van der Waals surface area contributed by atoms with Gasteiger partial charge in [0.25, 0.3) is 0 Å². The van der Waals surface area contributed by atoms with Crippen molar-refractivity contribution in [2.45, 2.75) is 336 Å². The number of hydrogen-bond donors (Lipinski definition) is 3. The molecule has 0 aliphatic carbocycles. The van der Waals surface area contributed by atoms with Crippen LogP contribution in [0.15, 0.2) is 12.2 Å². The SMILES string of the molecule is C=C(C)C(=O)OCCC[Si](C)(CCCOCC1CO1)O[Si](C)(C)O[Si](C)(C)CCCOCC1CO1.C[Si](C)(CCCOCC1CO1)O[Si](C)(C)O[Si](C)(CCCOCC1CO1)CCCOCC1CO1.C[Si](C)(CCCOCC1CO1)O[Si](C)(C)O[Si](C)(CCCOCO)CCCOCC1CO1.C[Si](C)(CCCOCCO)O[Si](C)(C)O[Si](C)(CCCOCCO)CCCOCC1CO1.